The third-order valence-corrected chi connectivity index (χ3v) is 6.06. The van der Waals surface area contributed by atoms with Gasteiger partial charge in [0.2, 0.25) is 5.91 Å². The molecule has 1 saturated carbocycles. The van der Waals surface area contributed by atoms with Crippen LogP contribution in [0.2, 0.25) is 10.0 Å². The summed E-state index contributed by atoms with van der Waals surface area (Å²) in [5, 5.41) is 9.42. The van der Waals surface area contributed by atoms with E-state index in [1.54, 1.807) is 30.3 Å². The van der Waals surface area contributed by atoms with Gasteiger partial charge >= 0.3 is 6.09 Å². The van der Waals surface area contributed by atoms with Crippen LogP contribution in [0.25, 0.3) is 0 Å². The van der Waals surface area contributed by atoms with E-state index in [-0.39, 0.29) is 30.3 Å². The number of ether oxygens (including phenoxy) is 1. The summed E-state index contributed by atoms with van der Waals surface area (Å²) in [5.74, 6) is -0.284. The number of alkyl carbamates (subject to hydrolysis) is 1. The van der Waals surface area contributed by atoms with Gasteiger partial charge in [-0.3, -0.25) is 9.59 Å². The van der Waals surface area contributed by atoms with E-state index >= 15 is 0 Å². The average Bonchev–Trinajstić information content (AvgIpc) is 2.76. The van der Waals surface area contributed by atoms with Gasteiger partial charge in [0.15, 0.2) is 0 Å². The zero-order valence-electron chi connectivity index (χ0n) is 20.0. The number of nitrogens with zero attached hydrogens (tertiary/aromatic N) is 1. The minimum absolute atomic E-state index is 0.00454. The fourth-order valence-electron chi connectivity index (χ4n) is 3.87. The van der Waals surface area contributed by atoms with Crippen molar-refractivity contribution in [2.24, 2.45) is 0 Å². The molecule has 0 aliphatic heterocycles. The Balaban J connectivity index is 1.56. The molecule has 1 fully saturated rings. The largest absolute Gasteiger partial charge is 0.444 e. The van der Waals surface area contributed by atoms with Crippen molar-refractivity contribution in [2.75, 3.05) is 5.32 Å². The van der Waals surface area contributed by atoms with Crippen LogP contribution in [-0.4, -0.2) is 40.6 Å². The Labute approximate surface area is 215 Å². The van der Waals surface area contributed by atoms with Crippen molar-refractivity contribution in [1.82, 2.24) is 15.6 Å². The van der Waals surface area contributed by atoms with E-state index in [4.69, 9.17) is 27.9 Å². The smallest absolute Gasteiger partial charge is 0.407 e. The number of hydrogen-bond donors (Lipinski definition) is 3. The number of nitrogens with one attached hydrogen (secondary N) is 3. The van der Waals surface area contributed by atoms with Gasteiger partial charge in [0.05, 0.1) is 11.4 Å². The van der Waals surface area contributed by atoms with Crippen LogP contribution in [0.15, 0.2) is 36.5 Å². The average molecular weight is 521 g/mol. The topological polar surface area (TPSA) is 109 Å². The number of carbonyl (C=O) groups excluding carboxylic acids is 3. The molecule has 0 spiro atoms. The molecule has 1 heterocycles. The van der Waals surface area contributed by atoms with Gasteiger partial charge in [0, 0.05) is 28.9 Å². The van der Waals surface area contributed by atoms with Crippen molar-refractivity contribution in [3.05, 3.63) is 57.7 Å². The lowest BCUT2D eigenvalue weighted by atomic mass is 9.91. The number of amides is 3. The predicted molar refractivity (Wildman–Crippen MR) is 136 cm³/mol. The van der Waals surface area contributed by atoms with E-state index in [1.165, 1.54) is 6.20 Å². The summed E-state index contributed by atoms with van der Waals surface area (Å²) in [4.78, 5) is 41.7. The molecule has 0 radical (unpaired) electrons. The Hall–Kier alpha value is -2.84. The first-order valence-corrected chi connectivity index (χ1v) is 12.2. The van der Waals surface area contributed by atoms with Crippen LogP contribution in [0.3, 0.4) is 0 Å². The van der Waals surface area contributed by atoms with Gasteiger partial charge in [-0.1, -0.05) is 29.3 Å². The predicted octanol–water partition coefficient (Wildman–Crippen LogP) is 5.14. The molecule has 35 heavy (non-hydrogen) atoms. The van der Waals surface area contributed by atoms with Crippen LogP contribution in [0.1, 0.15) is 62.4 Å². The van der Waals surface area contributed by atoms with Crippen molar-refractivity contribution < 1.29 is 19.1 Å². The molecule has 0 saturated heterocycles. The summed E-state index contributed by atoms with van der Waals surface area (Å²) in [6.07, 6.45) is 3.80. The number of pyridine rings is 1. The van der Waals surface area contributed by atoms with E-state index in [2.05, 4.69) is 20.9 Å². The van der Waals surface area contributed by atoms with Crippen LogP contribution in [0, 0.1) is 0 Å². The van der Waals surface area contributed by atoms with Gasteiger partial charge in [-0.2, -0.15) is 0 Å². The summed E-state index contributed by atoms with van der Waals surface area (Å²) in [6.45, 7) is 5.46. The molecule has 1 aliphatic rings. The number of halogens is 2. The molecule has 8 nitrogen and oxygen atoms in total. The minimum Gasteiger partial charge on any atom is -0.444 e. The molecule has 3 rings (SSSR count). The maximum absolute atomic E-state index is 13.1. The molecular formula is C25H30Cl2N4O4. The first-order chi connectivity index (χ1) is 16.5. The summed E-state index contributed by atoms with van der Waals surface area (Å²) < 4.78 is 5.31. The highest BCUT2D eigenvalue weighted by Crippen LogP contribution is 2.24. The van der Waals surface area contributed by atoms with Gasteiger partial charge in [-0.05, 0) is 76.3 Å². The molecule has 3 N–H and O–H groups in total. The minimum atomic E-state index is -0.549. The van der Waals surface area contributed by atoms with E-state index < -0.39 is 11.7 Å². The number of rotatable bonds is 6. The fraction of sp³-hybridized carbons (Fsp3) is 0.440. The van der Waals surface area contributed by atoms with Crippen molar-refractivity contribution in [3.8, 4) is 0 Å². The molecular weight excluding hydrogens is 491 g/mol. The number of hydrogen-bond acceptors (Lipinski definition) is 5. The summed E-state index contributed by atoms with van der Waals surface area (Å²) in [7, 11) is 0. The quantitative estimate of drug-likeness (QED) is 0.488. The lowest BCUT2D eigenvalue weighted by Crippen LogP contribution is -2.45. The zero-order valence-corrected chi connectivity index (χ0v) is 21.5. The maximum atomic E-state index is 13.1. The fourth-order valence-corrected chi connectivity index (χ4v) is 4.22. The van der Waals surface area contributed by atoms with Gasteiger partial charge in [-0.25, -0.2) is 9.78 Å². The SMILES string of the molecule is CC(C)(C)OC(=O)NC1CCC(NC(=O)c2cccc(Cl)c2CC(=O)Nc2ccc(Cl)cn2)CC1. The van der Waals surface area contributed by atoms with E-state index in [0.29, 0.717) is 39.8 Å². The third-order valence-electron chi connectivity index (χ3n) is 5.48. The molecule has 1 aromatic heterocycles. The van der Waals surface area contributed by atoms with Crippen molar-refractivity contribution in [3.63, 3.8) is 0 Å². The molecule has 2 aromatic rings. The Morgan fingerprint density at radius 3 is 2.26 bits per heavy atom. The second kappa shape index (κ2) is 11.7. The normalized spacial score (nSPS) is 17.9. The van der Waals surface area contributed by atoms with Gasteiger partial charge in [0.1, 0.15) is 11.4 Å². The lowest BCUT2D eigenvalue weighted by molar-refractivity contribution is -0.115. The first kappa shape index (κ1) is 26.8. The highest BCUT2D eigenvalue weighted by Gasteiger charge is 2.27. The zero-order chi connectivity index (χ0) is 25.6. The van der Waals surface area contributed by atoms with E-state index in [9.17, 15) is 14.4 Å². The second-order valence-corrected chi connectivity index (χ2v) is 10.4. The van der Waals surface area contributed by atoms with Crippen LogP contribution < -0.4 is 16.0 Å². The maximum Gasteiger partial charge on any atom is 0.407 e. The molecule has 1 aliphatic carbocycles. The molecule has 3 amide bonds. The number of benzene rings is 1. The summed E-state index contributed by atoms with van der Waals surface area (Å²) in [6, 6.07) is 8.16. The molecule has 10 heteroatoms. The second-order valence-electron chi connectivity index (χ2n) is 9.52. The number of aromatic nitrogens is 1. The number of anilines is 1. The van der Waals surface area contributed by atoms with Crippen molar-refractivity contribution >= 4 is 46.9 Å². The molecule has 1 aromatic carbocycles. The highest BCUT2D eigenvalue weighted by atomic mass is 35.5. The lowest BCUT2D eigenvalue weighted by Gasteiger charge is -2.30. The third kappa shape index (κ3) is 8.40. The Morgan fingerprint density at radius 2 is 1.66 bits per heavy atom. The van der Waals surface area contributed by atoms with Crippen molar-refractivity contribution in [1.29, 1.82) is 0 Å². The molecule has 188 valence electrons. The van der Waals surface area contributed by atoms with Gasteiger partial charge < -0.3 is 20.7 Å². The van der Waals surface area contributed by atoms with Crippen LogP contribution in [0.5, 0.6) is 0 Å². The van der Waals surface area contributed by atoms with Crippen LogP contribution >= 0.6 is 23.2 Å². The Kier molecular flexibility index (Phi) is 8.97. The molecule has 0 bridgehead atoms. The Morgan fingerprint density at radius 1 is 1.00 bits per heavy atom. The first-order valence-electron chi connectivity index (χ1n) is 11.5. The summed E-state index contributed by atoms with van der Waals surface area (Å²) in [5.41, 5.74) is 0.246. The van der Waals surface area contributed by atoms with Crippen LogP contribution in [0.4, 0.5) is 10.6 Å². The van der Waals surface area contributed by atoms with Gasteiger partial charge in [0.25, 0.3) is 5.91 Å². The highest BCUT2D eigenvalue weighted by molar-refractivity contribution is 6.32. The molecule has 0 unspecified atom stereocenters. The standard InChI is InChI=1S/C25H30Cl2N4O4/c1-25(2,3)35-24(34)30-17-10-8-16(9-11-17)29-23(33)18-5-4-6-20(27)19(18)13-22(32)31-21-12-7-15(26)14-28-21/h4-7,12,14,16-17H,8-11,13H2,1-3H3,(H,29,33)(H,30,34)(H,28,31,32). The van der Waals surface area contributed by atoms with E-state index in [1.807, 2.05) is 20.8 Å². The van der Waals surface area contributed by atoms with E-state index in [0.717, 1.165) is 12.8 Å². The number of carbonyl (C=O) groups is 3. The van der Waals surface area contributed by atoms with Crippen LogP contribution in [-0.2, 0) is 16.0 Å². The Bertz CT molecular complexity index is 1060. The van der Waals surface area contributed by atoms with Crippen molar-refractivity contribution in [2.45, 2.75) is 70.6 Å². The van der Waals surface area contributed by atoms with Gasteiger partial charge in [-0.15, -0.1) is 0 Å². The molecule has 0 atom stereocenters. The summed E-state index contributed by atoms with van der Waals surface area (Å²) >= 11 is 12.2. The monoisotopic (exact) mass is 520 g/mol.